The Bertz CT molecular complexity index is 485. The Labute approximate surface area is 206 Å². The van der Waals surface area contributed by atoms with Crippen molar-refractivity contribution in [3.8, 4) is 0 Å². The van der Waals surface area contributed by atoms with Crippen LogP contribution in [0.3, 0.4) is 0 Å². The molecular weight excluding hydrogens is 440 g/mol. The zero-order chi connectivity index (χ0) is 25.4. The molecule has 0 radical (unpaired) electrons. The predicted molar refractivity (Wildman–Crippen MR) is 131 cm³/mol. The van der Waals surface area contributed by atoms with E-state index in [1.165, 1.54) is 64.2 Å². The van der Waals surface area contributed by atoms with E-state index in [0.29, 0.717) is 12.8 Å². The first-order valence-electron chi connectivity index (χ1n) is 13.4. The summed E-state index contributed by atoms with van der Waals surface area (Å²) in [6.07, 6.45) is 15.5. The van der Waals surface area contributed by atoms with Gasteiger partial charge in [0.2, 0.25) is 0 Å². The maximum Gasteiger partial charge on any atom is 0.339 e. The summed E-state index contributed by atoms with van der Waals surface area (Å²) in [7, 11) is 0. The molecule has 0 saturated carbocycles. The van der Waals surface area contributed by atoms with E-state index >= 15 is 0 Å². The van der Waals surface area contributed by atoms with Crippen LogP contribution in [0.5, 0.6) is 0 Å². The minimum absolute atomic E-state index is 0.160. The van der Waals surface area contributed by atoms with Crippen LogP contribution in [-0.2, 0) is 24.1 Å². The molecule has 0 fully saturated rings. The molecule has 8 heteroatoms. The highest BCUT2D eigenvalue weighted by atomic mass is 17.2. The minimum Gasteiger partial charge on any atom is -0.463 e. The van der Waals surface area contributed by atoms with Gasteiger partial charge < -0.3 is 20.1 Å². The van der Waals surface area contributed by atoms with Gasteiger partial charge in [-0.2, -0.15) is 4.89 Å². The van der Waals surface area contributed by atoms with Crippen molar-refractivity contribution in [2.45, 2.75) is 141 Å². The normalized spacial score (nSPS) is 13.9. The van der Waals surface area contributed by atoms with Crippen LogP contribution in [0.1, 0.15) is 123 Å². The highest BCUT2D eigenvalue weighted by Crippen LogP contribution is 2.15. The third-order valence-electron chi connectivity index (χ3n) is 5.80. The van der Waals surface area contributed by atoms with Gasteiger partial charge in [-0.25, -0.2) is 4.79 Å². The Morgan fingerprint density at radius 3 is 1.71 bits per heavy atom. The molecule has 3 N–H and O–H groups in total. The van der Waals surface area contributed by atoms with E-state index in [0.717, 1.165) is 32.6 Å². The molecule has 0 amide bonds. The summed E-state index contributed by atoms with van der Waals surface area (Å²) in [6, 6.07) is 0. The number of aliphatic hydroxyl groups is 3. The molecule has 0 heterocycles. The molecule has 0 aromatic heterocycles. The van der Waals surface area contributed by atoms with Crippen molar-refractivity contribution >= 4 is 11.9 Å². The molecule has 0 aliphatic carbocycles. The predicted octanol–water partition coefficient (Wildman–Crippen LogP) is 4.76. The van der Waals surface area contributed by atoms with E-state index in [-0.39, 0.29) is 19.1 Å². The summed E-state index contributed by atoms with van der Waals surface area (Å²) < 4.78 is 4.93. The summed E-state index contributed by atoms with van der Waals surface area (Å²) in [5.74, 6) is -1.29. The first-order valence-corrected chi connectivity index (χ1v) is 13.4. The number of hydrogen-bond donors (Lipinski definition) is 3. The van der Waals surface area contributed by atoms with Crippen LogP contribution in [0.4, 0.5) is 0 Å². The lowest BCUT2D eigenvalue weighted by molar-refractivity contribution is -0.305. The monoisotopic (exact) mass is 490 g/mol. The third kappa shape index (κ3) is 22.6. The van der Waals surface area contributed by atoms with Gasteiger partial charge in [-0.1, -0.05) is 90.4 Å². The largest absolute Gasteiger partial charge is 0.463 e. The van der Waals surface area contributed by atoms with Gasteiger partial charge in [-0.05, 0) is 19.3 Å². The number of carbonyl (C=O) groups excluding carboxylic acids is 2. The summed E-state index contributed by atoms with van der Waals surface area (Å²) in [6.45, 7) is 2.63. The van der Waals surface area contributed by atoms with E-state index in [1.807, 2.05) is 0 Å². The molecule has 3 unspecified atom stereocenters. The fourth-order valence-electron chi connectivity index (χ4n) is 3.73. The summed E-state index contributed by atoms with van der Waals surface area (Å²) in [5, 5.41) is 29.2. The second-order valence-corrected chi connectivity index (χ2v) is 9.28. The molecule has 0 bridgehead atoms. The number of aliphatic hydroxyl groups excluding tert-OH is 3. The first-order chi connectivity index (χ1) is 16.4. The lowest BCUT2D eigenvalue weighted by Gasteiger charge is -2.15. The SMILES string of the molecule is CCCCCCCCCCCCCC(O)CCCCC(O)CC(=O)OCC(CO)OOC(C)=O. The second kappa shape index (κ2) is 23.5. The van der Waals surface area contributed by atoms with Crippen LogP contribution in [0.25, 0.3) is 0 Å². The van der Waals surface area contributed by atoms with Crippen molar-refractivity contribution < 1.29 is 39.4 Å². The Kier molecular flexibility index (Phi) is 22.7. The first kappa shape index (κ1) is 32.8. The van der Waals surface area contributed by atoms with Crippen molar-refractivity contribution in [3.05, 3.63) is 0 Å². The van der Waals surface area contributed by atoms with E-state index < -0.39 is 30.8 Å². The molecule has 202 valence electrons. The fraction of sp³-hybridized carbons (Fsp3) is 0.923. The number of rotatable bonds is 24. The van der Waals surface area contributed by atoms with Crippen LogP contribution in [0, 0.1) is 0 Å². The summed E-state index contributed by atoms with van der Waals surface area (Å²) in [4.78, 5) is 31.4. The zero-order valence-electron chi connectivity index (χ0n) is 21.5. The number of unbranched alkanes of at least 4 members (excludes halogenated alkanes) is 11. The van der Waals surface area contributed by atoms with Gasteiger partial charge >= 0.3 is 11.9 Å². The summed E-state index contributed by atoms with van der Waals surface area (Å²) in [5.41, 5.74) is 0. The van der Waals surface area contributed by atoms with E-state index in [1.54, 1.807) is 0 Å². The third-order valence-corrected chi connectivity index (χ3v) is 5.80. The Hall–Kier alpha value is -1.22. The van der Waals surface area contributed by atoms with Crippen molar-refractivity contribution in [2.75, 3.05) is 13.2 Å². The maximum atomic E-state index is 11.8. The van der Waals surface area contributed by atoms with Gasteiger partial charge in [0.15, 0.2) is 6.10 Å². The molecule has 0 aliphatic heterocycles. The smallest absolute Gasteiger partial charge is 0.339 e. The molecule has 3 atom stereocenters. The topological polar surface area (TPSA) is 123 Å². The molecule has 34 heavy (non-hydrogen) atoms. The van der Waals surface area contributed by atoms with Gasteiger partial charge in [0.05, 0.1) is 25.2 Å². The maximum absolute atomic E-state index is 11.8. The van der Waals surface area contributed by atoms with Gasteiger partial charge in [-0.15, -0.1) is 0 Å². The van der Waals surface area contributed by atoms with Crippen LogP contribution in [0.2, 0.25) is 0 Å². The van der Waals surface area contributed by atoms with Gasteiger partial charge in [0.1, 0.15) is 6.61 Å². The zero-order valence-corrected chi connectivity index (χ0v) is 21.5. The van der Waals surface area contributed by atoms with Gasteiger partial charge in [0, 0.05) is 6.92 Å². The lowest BCUT2D eigenvalue weighted by Crippen LogP contribution is -2.27. The highest BCUT2D eigenvalue weighted by molar-refractivity contribution is 5.69. The number of hydrogen-bond acceptors (Lipinski definition) is 8. The standard InChI is InChI=1S/C26H50O8/c1-3-4-5-6-7-8-9-10-11-12-13-16-23(29)17-14-15-18-24(30)19-26(31)32-21-25(20-27)34-33-22(2)28/h23-25,27,29-30H,3-21H2,1-2H3. The Balaban J connectivity index is 3.58. The van der Waals surface area contributed by atoms with Crippen molar-refractivity contribution in [1.82, 2.24) is 0 Å². The van der Waals surface area contributed by atoms with Crippen molar-refractivity contribution in [1.29, 1.82) is 0 Å². The summed E-state index contributed by atoms with van der Waals surface area (Å²) >= 11 is 0. The molecule has 0 aliphatic rings. The van der Waals surface area contributed by atoms with Crippen LogP contribution >= 0.6 is 0 Å². The Morgan fingerprint density at radius 2 is 1.21 bits per heavy atom. The molecule has 0 aromatic rings. The molecule has 0 aromatic carbocycles. The number of esters is 1. The molecule has 0 saturated heterocycles. The minimum atomic E-state index is -0.966. The Morgan fingerprint density at radius 1 is 0.735 bits per heavy atom. The lowest BCUT2D eigenvalue weighted by atomic mass is 10.0. The van der Waals surface area contributed by atoms with Crippen LogP contribution in [0.15, 0.2) is 0 Å². The van der Waals surface area contributed by atoms with E-state index in [2.05, 4.69) is 16.7 Å². The van der Waals surface area contributed by atoms with Gasteiger partial charge in [0.25, 0.3) is 0 Å². The van der Waals surface area contributed by atoms with E-state index in [4.69, 9.17) is 9.84 Å². The average Bonchev–Trinajstić information content (AvgIpc) is 2.80. The molecule has 0 spiro atoms. The quantitative estimate of drug-likeness (QED) is 0.0766. The van der Waals surface area contributed by atoms with Crippen LogP contribution in [-0.4, -0.2) is 58.8 Å². The highest BCUT2D eigenvalue weighted by Gasteiger charge is 2.17. The van der Waals surface area contributed by atoms with Gasteiger partial charge in [-0.3, -0.25) is 9.68 Å². The average molecular weight is 491 g/mol. The number of ether oxygens (including phenoxy) is 1. The van der Waals surface area contributed by atoms with E-state index in [9.17, 15) is 19.8 Å². The fourth-order valence-corrected chi connectivity index (χ4v) is 3.73. The molecule has 0 rings (SSSR count). The van der Waals surface area contributed by atoms with Crippen LogP contribution < -0.4 is 0 Å². The molecular formula is C26H50O8. The number of carbonyl (C=O) groups is 2. The van der Waals surface area contributed by atoms with Crippen molar-refractivity contribution in [3.63, 3.8) is 0 Å². The molecule has 8 nitrogen and oxygen atoms in total. The van der Waals surface area contributed by atoms with Crippen molar-refractivity contribution in [2.24, 2.45) is 0 Å². The second-order valence-electron chi connectivity index (χ2n) is 9.28.